The molecule has 1 aliphatic rings. The molecule has 1 aliphatic heterocycles. The molecule has 7 heteroatoms. The van der Waals surface area contributed by atoms with Gasteiger partial charge in [0.25, 0.3) is 0 Å². The summed E-state index contributed by atoms with van der Waals surface area (Å²) in [6.07, 6.45) is 3.61. The minimum Gasteiger partial charge on any atom is -0.343 e. The topological polar surface area (TPSA) is 109 Å². The van der Waals surface area contributed by atoms with Crippen LogP contribution in [0.4, 0.5) is 5.69 Å². The predicted octanol–water partition coefficient (Wildman–Crippen LogP) is 2.23. The van der Waals surface area contributed by atoms with Crippen molar-refractivity contribution in [1.29, 1.82) is 0 Å². The molecule has 0 saturated carbocycles. The average molecular weight is 432 g/mol. The Morgan fingerprint density at radius 3 is 2.75 bits per heavy atom. The second-order valence-corrected chi connectivity index (χ2v) is 8.28. The van der Waals surface area contributed by atoms with Crippen LogP contribution in [0.2, 0.25) is 0 Å². The zero-order chi connectivity index (χ0) is 22.3. The normalized spacial score (nSPS) is 18.9. The van der Waals surface area contributed by atoms with Crippen LogP contribution in [-0.4, -0.2) is 42.0 Å². The fourth-order valence-electron chi connectivity index (χ4n) is 4.07. The van der Waals surface area contributed by atoms with Gasteiger partial charge in [-0.3, -0.25) is 14.6 Å². The highest BCUT2D eigenvalue weighted by Gasteiger charge is 2.31. The lowest BCUT2D eigenvalue weighted by Crippen LogP contribution is -2.50. The standard InChI is InChI=1S/C25H29N5O2/c26-15-18-13-23(28-16-18)25(32)30-22(10-8-17-5-2-1-3-6-17)24(31)29-20-9-11-21-19(14-20)7-4-12-27-21/h1-7,9,11-12,14,18,22-23,28H,8,10,13,15-16,26H2,(H,29,31)(H,30,32)/t18-,22?,23-/m1/s1. The second kappa shape index (κ2) is 10.3. The second-order valence-electron chi connectivity index (χ2n) is 8.28. The van der Waals surface area contributed by atoms with Gasteiger partial charge < -0.3 is 21.7 Å². The van der Waals surface area contributed by atoms with Crippen molar-refractivity contribution in [3.05, 3.63) is 72.4 Å². The zero-order valence-electron chi connectivity index (χ0n) is 18.0. The summed E-state index contributed by atoms with van der Waals surface area (Å²) >= 11 is 0. The maximum Gasteiger partial charge on any atom is 0.246 e. The number of pyridine rings is 1. The van der Waals surface area contributed by atoms with Crippen LogP contribution in [0.15, 0.2) is 66.9 Å². The molecule has 7 nitrogen and oxygen atoms in total. The van der Waals surface area contributed by atoms with Gasteiger partial charge in [0.1, 0.15) is 6.04 Å². The number of nitrogens with two attached hydrogens (primary N) is 1. The van der Waals surface area contributed by atoms with Crippen LogP contribution < -0.4 is 21.7 Å². The van der Waals surface area contributed by atoms with Gasteiger partial charge in [0.05, 0.1) is 11.6 Å². The SMILES string of the molecule is NC[C@@H]1CN[C@@H](C(=O)NC(CCc2ccccc2)C(=O)Nc2ccc3ncccc3c2)C1. The summed E-state index contributed by atoms with van der Waals surface area (Å²) in [5.41, 5.74) is 8.41. The molecule has 0 aliphatic carbocycles. The number of carbonyl (C=O) groups excluding carboxylic acids is 2. The van der Waals surface area contributed by atoms with E-state index in [4.69, 9.17) is 5.73 Å². The summed E-state index contributed by atoms with van der Waals surface area (Å²) in [6, 6.07) is 18.4. The number of fused-ring (bicyclic) bond motifs is 1. The van der Waals surface area contributed by atoms with E-state index in [1.165, 1.54) is 0 Å². The van der Waals surface area contributed by atoms with E-state index in [2.05, 4.69) is 20.9 Å². The highest BCUT2D eigenvalue weighted by molar-refractivity contribution is 5.99. The molecule has 0 radical (unpaired) electrons. The van der Waals surface area contributed by atoms with Crippen LogP contribution in [-0.2, 0) is 16.0 Å². The number of carbonyl (C=O) groups is 2. The van der Waals surface area contributed by atoms with Crippen molar-refractivity contribution in [2.24, 2.45) is 11.7 Å². The van der Waals surface area contributed by atoms with Gasteiger partial charge in [-0.2, -0.15) is 0 Å². The highest BCUT2D eigenvalue weighted by atomic mass is 16.2. The van der Waals surface area contributed by atoms with Gasteiger partial charge in [-0.25, -0.2) is 0 Å². The number of aryl methyl sites for hydroxylation is 1. The Balaban J connectivity index is 1.46. The van der Waals surface area contributed by atoms with Crippen molar-refractivity contribution in [3.63, 3.8) is 0 Å². The van der Waals surface area contributed by atoms with Crippen LogP contribution >= 0.6 is 0 Å². The third-order valence-electron chi connectivity index (χ3n) is 5.94. The van der Waals surface area contributed by atoms with Gasteiger partial charge in [-0.1, -0.05) is 36.4 Å². The number of hydrogen-bond acceptors (Lipinski definition) is 5. The number of nitrogens with one attached hydrogen (secondary N) is 3. The summed E-state index contributed by atoms with van der Waals surface area (Å²) in [7, 11) is 0. The molecule has 32 heavy (non-hydrogen) atoms. The first kappa shape index (κ1) is 21.9. The number of rotatable bonds is 8. The predicted molar refractivity (Wildman–Crippen MR) is 126 cm³/mol. The van der Waals surface area contributed by atoms with E-state index >= 15 is 0 Å². The first-order valence-electron chi connectivity index (χ1n) is 11.1. The molecular weight excluding hydrogens is 402 g/mol. The van der Waals surface area contributed by atoms with Gasteiger partial charge in [0.2, 0.25) is 11.8 Å². The maximum atomic E-state index is 13.2. The van der Waals surface area contributed by atoms with Gasteiger partial charge in [-0.05, 0) is 68.1 Å². The van der Waals surface area contributed by atoms with Crippen molar-refractivity contribution >= 4 is 28.4 Å². The van der Waals surface area contributed by atoms with Gasteiger partial charge in [0.15, 0.2) is 0 Å². The van der Waals surface area contributed by atoms with E-state index in [0.29, 0.717) is 31.5 Å². The van der Waals surface area contributed by atoms with E-state index in [1.54, 1.807) is 6.20 Å². The third-order valence-corrected chi connectivity index (χ3v) is 5.94. The van der Waals surface area contributed by atoms with Crippen molar-refractivity contribution in [3.8, 4) is 0 Å². The molecule has 2 aromatic carbocycles. The summed E-state index contributed by atoms with van der Waals surface area (Å²) in [5, 5.41) is 10.1. The number of anilines is 1. The molecule has 3 atom stereocenters. The minimum atomic E-state index is -0.647. The van der Waals surface area contributed by atoms with Gasteiger partial charge in [-0.15, -0.1) is 0 Å². The van der Waals surface area contributed by atoms with E-state index < -0.39 is 6.04 Å². The summed E-state index contributed by atoms with van der Waals surface area (Å²) in [5.74, 6) is -0.101. The Bertz CT molecular complexity index is 1070. The molecule has 0 spiro atoms. The average Bonchev–Trinajstić information content (AvgIpc) is 3.32. The van der Waals surface area contributed by atoms with Crippen molar-refractivity contribution < 1.29 is 9.59 Å². The van der Waals surface area contributed by atoms with Gasteiger partial charge in [0, 0.05) is 17.3 Å². The largest absolute Gasteiger partial charge is 0.343 e. The quantitative estimate of drug-likeness (QED) is 0.437. The molecule has 2 amide bonds. The molecule has 1 unspecified atom stereocenters. The van der Waals surface area contributed by atoms with Crippen molar-refractivity contribution in [1.82, 2.24) is 15.6 Å². The maximum absolute atomic E-state index is 13.2. The summed E-state index contributed by atoms with van der Waals surface area (Å²) in [4.78, 5) is 30.3. The minimum absolute atomic E-state index is 0.156. The highest BCUT2D eigenvalue weighted by Crippen LogP contribution is 2.18. The molecular formula is C25H29N5O2. The molecule has 4 rings (SSSR count). The molecule has 1 aromatic heterocycles. The molecule has 0 bridgehead atoms. The van der Waals surface area contributed by atoms with Crippen LogP contribution in [0.1, 0.15) is 18.4 Å². The molecule has 166 valence electrons. The number of amides is 2. The van der Waals surface area contributed by atoms with Crippen LogP contribution in [0, 0.1) is 5.92 Å². The molecule has 1 fully saturated rings. The molecule has 3 aromatic rings. The lowest BCUT2D eigenvalue weighted by atomic mass is 10.0. The molecule has 1 saturated heterocycles. The van der Waals surface area contributed by atoms with Crippen molar-refractivity contribution in [2.45, 2.75) is 31.3 Å². The van der Waals surface area contributed by atoms with Crippen molar-refractivity contribution in [2.75, 3.05) is 18.4 Å². The van der Waals surface area contributed by atoms with Crippen LogP contribution in [0.25, 0.3) is 10.9 Å². The van der Waals surface area contributed by atoms with E-state index in [0.717, 1.165) is 23.0 Å². The lowest BCUT2D eigenvalue weighted by Gasteiger charge is -2.21. The number of hydrogen-bond donors (Lipinski definition) is 4. The van der Waals surface area contributed by atoms with Gasteiger partial charge >= 0.3 is 0 Å². The van der Waals surface area contributed by atoms with E-state index in [-0.39, 0.29) is 23.8 Å². The van der Waals surface area contributed by atoms with Crippen LogP contribution in [0.5, 0.6) is 0 Å². The number of aromatic nitrogens is 1. The van der Waals surface area contributed by atoms with Crippen LogP contribution in [0.3, 0.4) is 0 Å². The fraction of sp³-hybridized carbons (Fsp3) is 0.320. The Labute approximate surface area is 187 Å². The Morgan fingerprint density at radius 1 is 1.12 bits per heavy atom. The lowest BCUT2D eigenvalue weighted by molar-refractivity contribution is -0.127. The third kappa shape index (κ3) is 5.49. The monoisotopic (exact) mass is 431 g/mol. The number of benzene rings is 2. The molecule has 2 heterocycles. The molecule has 5 N–H and O–H groups in total. The summed E-state index contributed by atoms with van der Waals surface area (Å²) < 4.78 is 0. The first-order valence-corrected chi connectivity index (χ1v) is 11.1. The smallest absolute Gasteiger partial charge is 0.246 e. The van der Waals surface area contributed by atoms with E-state index in [1.807, 2.05) is 60.7 Å². The Morgan fingerprint density at radius 2 is 1.97 bits per heavy atom. The Hall–Kier alpha value is -3.29. The fourth-order valence-corrected chi connectivity index (χ4v) is 4.07. The zero-order valence-corrected chi connectivity index (χ0v) is 18.0. The number of nitrogens with zero attached hydrogens (tertiary/aromatic N) is 1. The summed E-state index contributed by atoms with van der Waals surface area (Å²) in [6.45, 7) is 1.27. The van der Waals surface area contributed by atoms with E-state index in [9.17, 15) is 9.59 Å². The first-order chi connectivity index (χ1) is 15.6. The Kier molecular flexibility index (Phi) is 7.09.